The molecule has 2 fully saturated rings. The predicted molar refractivity (Wildman–Crippen MR) is 70.7 cm³/mol. The van der Waals surface area contributed by atoms with Crippen LogP contribution in [0.5, 0.6) is 0 Å². The standard InChI is InChI=1S/C13H21NO2S/c1-16-13(15)9-14-8-12(17-10-14)7-11-5-3-2-4-6-11/h7,11H,2-6,8-10H2,1H3. The molecule has 4 heteroatoms. The molecule has 1 aliphatic heterocycles. The van der Waals surface area contributed by atoms with E-state index in [1.807, 2.05) is 11.8 Å². The number of ether oxygens (including phenoxy) is 1. The van der Waals surface area contributed by atoms with Gasteiger partial charge in [-0.3, -0.25) is 9.69 Å². The van der Waals surface area contributed by atoms with Crippen molar-refractivity contribution < 1.29 is 9.53 Å². The summed E-state index contributed by atoms with van der Waals surface area (Å²) in [5.41, 5.74) is 0. The number of carbonyl (C=O) groups excluding carboxylic acids is 1. The minimum absolute atomic E-state index is 0.135. The summed E-state index contributed by atoms with van der Waals surface area (Å²) in [6.07, 6.45) is 9.31. The highest BCUT2D eigenvalue weighted by atomic mass is 32.2. The molecule has 0 aromatic carbocycles. The topological polar surface area (TPSA) is 29.5 Å². The highest BCUT2D eigenvalue weighted by molar-refractivity contribution is 8.03. The molecule has 0 spiro atoms. The number of hydrogen-bond donors (Lipinski definition) is 0. The van der Waals surface area contributed by atoms with Crippen molar-refractivity contribution in [3.05, 3.63) is 11.0 Å². The Morgan fingerprint density at radius 1 is 1.47 bits per heavy atom. The van der Waals surface area contributed by atoms with Crippen LogP contribution in [-0.4, -0.2) is 36.9 Å². The average molecular weight is 255 g/mol. The number of esters is 1. The zero-order chi connectivity index (χ0) is 12.1. The smallest absolute Gasteiger partial charge is 0.319 e. The summed E-state index contributed by atoms with van der Waals surface area (Å²) < 4.78 is 4.69. The Bertz CT molecular complexity index is 298. The van der Waals surface area contributed by atoms with Crippen LogP contribution in [0.4, 0.5) is 0 Å². The van der Waals surface area contributed by atoms with E-state index in [2.05, 4.69) is 15.7 Å². The van der Waals surface area contributed by atoms with Crippen LogP contribution in [0, 0.1) is 5.92 Å². The number of methoxy groups -OCH3 is 1. The number of carbonyl (C=O) groups is 1. The van der Waals surface area contributed by atoms with Gasteiger partial charge in [0, 0.05) is 12.4 Å². The minimum atomic E-state index is -0.135. The molecule has 1 saturated heterocycles. The SMILES string of the molecule is COC(=O)CN1CSC(=CC2CCCCC2)C1. The zero-order valence-corrected chi connectivity index (χ0v) is 11.3. The van der Waals surface area contributed by atoms with Gasteiger partial charge < -0.3 is 4.74 Å². The highest BCUT2D eigenvalue weighted by Gasteiger charge is 2.21. The van der Waals surface area contributed by atoms with Gasteiger partial charge >= 0.3 is 5.97 Å². The lowest BCUT2D eigenvalue weighted by Crippen LogP contribution is -2.27. The third-order valence-electron chi connectivity index (χ3n) is 3.46. The summed E-state index contributed by atoms with van der Waals surface area (Å²) >= 11 is 1.88. The predicted octanol–water partition coefficient (Wildman–Crippen LogP) is 2.63. The fourth-order valence-electron chi connectivity index (χ4n) is 2.50. The molecule has 1 saturated carbocycles. The van der Waals surface area contributed by atoms with Gasteiger partial charge in [0.2, 0.25) is 0 Å². The maximum atomic E-state index is 11.2. The van der Waals surface area contributed by atoms with Gasteiger partial charge in [-0.05, 0) is 23.7 Å². The van der Waals surface area contributed by atoms with E-state index < -0.39 is 0 Å². The molecule has 0 bridgehead atoms. The molecular formula is C13H21NO2S. The van der Waals surface area contributed by atoms with Crippen LogP contribution in [-0.2, 0) is 9.53 Å². The normalized spacial score (nSPS) is 25.4. The van der Waals surface area contributed by atoms with Gasteiger partial charge in [-0.1, -0.05) is 25.3 Å². The Balaban J connectivity index is 1.80. The van der Waals surface area contributed by atoms with Crippen molar-refractivity contribution in [2.45, 2.75) is 32.1 Å². The van der Waals surface area contributed by atoms with Gasteiger partial charge in [0.1, 0.15) is 0 Å². The first-order valence-corrected chi connectivity index (χ1v) is 7.39. The van der Waals surface area contributed by atoms with Crippen molar-refractivity contribution >= 4 is 17.7 Å². The molecule has 2 rings (SSSR count). The Kier molecular flexibility index (Phi) is 4.92. The number of nitrogens with zero attached hydrogens (tertiary/aromatic N) is 1. The van der Waals surface area contributed by atoms with Gasteiger partial charge in [-0.25, -0.2) is 0 Å². The van der Waals surface area contributed by atoms with Crippen LogP contribution in [0.2, 0.25) is 0 Å². The van der Waals surface area contributed by atoms with Gasteiger partial charge in [0.25, 0.3) is 0 Å². The number of rotatable bonds is 3. The number of thioether (sulfide) groups is 1. The van der Waals surface area contributed by atoms with E-state index in [9.17, 15) is 4.79 Å². The Morgan fingerprint density at radius 2 is 2.24 bits per heavy atom. The van der Waals surface area contributed by atoms with Gasteiger partial charge in [-0.2, -0.15) is 0 Å². The molecule has 0 aromatic rings. The molecule has 0 amide bonds. The van der Waals surface area contributed by atoms with Crippen molar-refractivity contribution in [1.82, 2.24) is 4.90 Å². The van der Waals surface area contributed by atoms with Crippen LogP contribution in [0.15, 0.2) is 11.0 Å². The van der Waals surface area contributed by atoms with Crippen LogP contribution in [0.3, 0.4) is 0 Å². The van der Waals surface area contributed by atoms with E-state index in [0.717, 1.165) is 18.3 Å². The summed E-state index contributed by atoms with van der Waals surface area (Å²) in [4.78, 5) is 14.8. The van der Waals surface area contributed by atoms with Crippen LogP contribution in [0.1, 0.15) is 32.1 Å². The van der Waals surface area contributed by atoms with Crippen LogP contribution in [0.25, 0.3) is 0 Å². The fraction of sp³-hybridized carbons (Fsp3) is 0.769. The monoisotopic (exact) mass is 255 g/mol. The summed E-state index contributed by atoms with van der Waals surface area (Å²) in [6, 6.07) is 0. The van der Waals surface area contributed by atoms with Crippen molar-refractivity contribution in [2.75, 3.05) is 26.1 Å². The Morgan fingerprint density at radius 3 is 2.94 bits per heavy atom. The van der Waals surface area contributed by atoms with E-state index in [0.29, 0.717) is 6.54 Å². The van der Waals surface area contributed by atoms with E-state index in [1.54, 1.807) is 0 Å². The first-order valence-electron chi connectivity index (χ1n) is 6.40. The molecule has 0 unspecified atom stereocenters. The summed E-state index contributed by atoms with van der Waals surface area (Å²) in [5.74, 6) is 1.57. The molecule has 0 atom stereocenters. The highest BCUT2D eigenvalue weighted by Crippen LogP contribution is 2.32. The fourth-order valence-corrected chi connectivity index (χ4v) is 3.59. The maximum absolute atomic E-state index is 11.2. The molecule has 0 radical (unpaired) electrons. The van der Waals surface area contributed by atoms with Crippen LogP contribution < -0.4 is 0 Å². The number of allylic oxidation sites excluding steroid dienone is 1. The molecule has 0 aromatic heterocycles. The molecule has 3 nitrogen and oxygen atoms in total. The Hall–Kier alpha value is -0.480. The van der Waals surface area contributed by atoms with Gasteiger partial charge in [-0.15, -0.1) is 11.8 Å². The van der Waals surface area contributed by atoms with E-state index in [-0.39, 0.29) is 5.97 Å². The molecule has 96 valence electrons. The average Bonchev–Trinajstić information content (AvgIpc) is 2.77. The summed E-state index contributed by atoms with van der Waals surface area (Å²) in [5, 5.41) is 0. The van der Waals surface area contributed by atoms with E-state index in [4.69, 9.17) is 0 Å². The lowest BCUT2D eigenvalue weighted by molar-refractivity contribution is -0.141. The van der Waals surface area contributed by atoms with E-state index >= 15 is 0 Å². The minimum Gasteiger partial charge on any atom is -0.468 e. The Labute approximate surface area is 108 Å². The van der Waals surface area contributed by atoms with Crippen molar-refractivity contribution in [3.8, 4) is 0 Å². The largest absolute Gasteiger partial charge is 0.468 e. The zero-order valence-electron chi connectivity index (χ0n) is 10.5. The first-order chi connectivity index (χ1) is 8.28. The van der Waals surface area contributed by atoms with Crippen molar-refractivity contribution in [3.63, 3.8) is 0 Å². The van der Waals surface area contributed by atoms with Crippen molar-refractivity contribution in [1.29, 1.82) is 0 Å². The molecule has 0 N–H and O–H groups in total. The third kappa shape index (κ3) is 4.03. The second kappa shape index (κ2) is 6.45. The summed E-state index contributed by atoms with van der Waals surface area (Å²) in [7, 11) is 1.45. The molecule has 2 aliphatic rings. The van der Waals surface area contributed by atoms with Gasteiger partial charge in [0.05, 0.1) is 13.7 Å². The lowest BCUT2D eigenvalue weighted by atomic mass is 9.89. The third-order valence-corrected chi connectivity index (χ3v) is 4.59. The second-order valence-corrected chi connectivity index (χ2v) is 5.94. The molecule has 1 aliphatic carbocycles. The maximum Gasteiger partial charge on any atom is 0.319 e. The van der Waals surface area contributed by atoms with Crippen molar-refractivity contribution in [2.24, 2.45) is 5.92 Å². The lowest BCUT2D eigenvalue weighted by Gasteiger charge is -2.18. The van der Waals surface area contributed by atoms with E-state index in [1.165, 1.54) is 44.1 Å². The molecule has 1 heterocycles. The first kappa shape index (κ1) is 13.0. The second-order valence-electron chi connectivity index (χ2n) is 4.87. The molecular weight excluding hydrogens is 234 g/mol. The van der Waals surface area contributed by atoms with Crippen LogP contribution >= 0.6 is 11.8 Å². The van der Waals surface area contributed by atoms with Gasteiger partial charge in [0.15, 0.2) is 0 Å². The molecule has 17 heavy (non-hydrogen) atoms. The summed E-state index contributed by atoms with van der Waals surface area (Å²) in [6.45, 7) is 1.35. The quantitative estimate of drug-likeness (QED) is 0.725. The number of hydrogen-bond acceptors (Lipinski definition) is 4.